The highest BCUT2D eigenvalue weighted by Gasteiger charge is 2.30. The molecule has 114 valence electrons. The maximum atomic E-state index is 12.2. The minimum atomic E-state index is -4.27. The lowest BCUT2D eigenvalue weighted by Gasteiger charge is -2.15. The van der Waals surface area contributed by atoms with Gasteiger partial charge in [0.15, 0.2) is 0 Å². The molecule has 4 nitrogen and oxygen atoms in total. The summed E-state index contributed by atoms with van der Waals surface area (Å²) < 4.78 is 42.2. The van der Waals surface area contributed by atoms with Crippen molar-refractivity contribution in [3.8, 4) is 0 Å². The molecule has 0 aliphatic rings. The van der Waals surface area contributed by atoms with E-state index in [4.69, 9.17) is 4.42 Å². The molecule has 1 aromatic heterocycles. The first-order valence-electron chi connectivity index (χ1n) is 6.32. The molecule has 21 heavy (non-hydrogen) atoms. The Labute approximate surface area is 118 Å². The number of carbonyl (C=O) groups is 1. The molecule has 0 saturated heterocycles. The molecule has 0 radical (unpaired) electrons. The summed E-state index contributed by atoms with van der Waals surface area (Å²) in [6, 6.07) is 5.75. The standard InChI is InChI=1S/C14H14F3NO3/c1-8(6-14(15,16)17)18-7-11-12(13(19)20)9-4-2-3-5-10(9)21-11/h2-5,8,18H,6-7H2,1H3,(H,19,20). The summed E-state index contributed by atoms with van der Waals surface area (Å²) in [5.74, 6) is -1.04. The zero-order valence-corrected chi connectivity index (χ0v) is 11.2. The molecule has 1 atom stereocenters. The van der Waals surface area contributed by atoms with Crippen LogP contribution in [0, 0.1) is 0 Å². The lowest BCUT2D eigenvalue weighted by Crippen LogP contribution is -2.31. The Morgan fingerprint density at radius 3 is 2.67 bits per heavy atom. The second-order valence-corrected chi connectivity index (χ2v) is 4.80. The second-order valence-electron chi connectivity index (χ2n) is 4.80. The summed E-state index contributed by atoms with van der Waals surface area (Å²) >= 11 is 0. The van der Waals surface area contributed by atoms with Crippen molar-refractivity contribution in [1.29, 1.82) is 0 Å². The van der Waals surface area contributed by atoms with Crippen LogP contribution in [0.25, 0.3) is 11.0 Å². The monoisotopic (exact) mass is 301 g/mol. The van der Waals surface area contributed by atoms with Gasteiger partial charge in [-0.15, -0.1) is 0 Å². The predicted molar refractivity (Wildman–Crippen MR) is 70.1 cm³/mol. The summed E-state index contributed by atoms with van der Waals surface area (Å²) in [7, 11) is 0. The number of benzene rings is 1. The van der Waals surface area contributed by atoms with Crippen LogP contribution in [0.1, 0.15) is 29.5 Å². The van der Waals surface area contributed by atoms with Crippen molar-refractivity contribution in [2.24, 2.45) is 0 Å². The molecule has 1 heterocycles. The highest BCUT2D eigenvalue weighted by molar-refractivity contribution is 6.03. The van der Waals surface area contributed by atoms with Crippen molar-refractivity contribution in [2.75, 3.05) is 0 Å². The minimum Gasteiger partial charge on any atom is -0.478 e. The number of fused-ring (bicyclic) bond motifs is 1. The molecule has 2 rings (SSSR count). The van der Waals surface area contributed by atoms with E-state index in [-0.39, 0.29) is 17.9 Å². The van der Waals surface area contributed by atoms with E-state index in [0.717, 1.165) is 0 Å². The molecule has 1 unspecified atom stereocenters. The van der Waals surface area contributed by atoms with E-state index in [1.165, 1.54) is 6.92 Å². The van der Waals surface area contributed by atoms with Crippen LogP contribution in [0.5, 0.6) is 0 Å². The Morgan fingerprint density at radius 1 is 1.38 bits per heavy atom. The minimum absolute atomic E-state index is 0.0164. The molecule has 0 spiro atoms. The zero-order valence-electron chi connectivity index (χ0n) is 11.2. The van der Waals surface area contributed by atoms with Crippen molar-refractivity contribution in [1.82, 2.24) is 5.32 Å². The molecule has 0 aliphatic heterocycles. The van der Waals surface area contributed by atoms with E-state index in [0.29, 0.717) is 11.0 Å². The third kappa shape index (κ3) is 3.75. The number of aromatic carboxylic acids is 1. The Bertz CT molecular complexity index is 648. The number of hydrogen-bond acceptors (Lipinski definition) is 3. The van der Waals surface area contributed by atoms with Crippen molar-refractivity contribution in [3.05, 3.63) is 35.6 Å². The van der Waals surface area contributed by atoms with Gasteiger partial charge >= 0.3 is 12.1 Å². The van der Waals surface area contributed by atoms with E-state index >= 15 is 0 Å². The average Bonchev–Trinajstić information content (AvgIpc) is 2.72. The normalized spacial score (nSPS) is 13.5. The molecule has 1 aromatic carbocycles. The van der Waals surface area contributed by atoms with Gasteiger partial charge in [-0.05, 0) is 13.0 Å². The van der Waals surface area contributed by atoms with Crippen LogP contribution in [-0.4, -0.2) is 23.3 Å². The van der Waals surface area contributed by atoms with E-state index in [1.807, 2.05) is 0 Å². The van der Waals surface area contributed by atoms with Gasteiger partial charge in [0.2, 0.25) is 0 Å². The van der Waals surface area contributed by atoms with Crippen molar-refractivity contribution >= 4 is 16.9 Å². The van der Waals surface area contributed by atoms with Crippen LogP contribution in [-0.2, 0) is 6.54 Å². The summed E-state index contributed by atoms with van der Waals surface area (Å²) in [6.45, 7) is 1.31. The fourth-order valence-electron chi connectivity index (χ4n) is 2.14. The fraction of sp³-hybridized carbons (Fsp3) is 0.357. The summed E-state index contributed by atoms with van der Waals surface area (Å²) in [4.78, 5) is 11.3. The molecule has 2 aromatic rings. The van der Waals surface area contributed by atoms with Crippen LogP contribution in [0.15, 0.2) is 28.7 Å². The van der Waals surface area contributed by atoms with Crippen molar-refractivity contribution in [3.63, 3.8) is 0 Å². The predicted octanol–water partition coefficient (Wildman–Crippen LogP) is 3.56. The number of hydrogen-bond donors (Lipinski definition) is 2. The number of halogens is 3. The smallest absolute Gasteiger partial charge is 0.390 e. The first kappa shape index (κ1) is 15.4. The van der Waals surface area contributed by atoms with Gasteiger partial charge in [0.05, 0.1) is 13.0 Å². The van der Waals surface area contributed by atoms with Gasteiger partial charge in [0.25, 0.3) is 0 Å². The van der Waals surface area contributed by atoms with Gasteiger partial charge in [-0.2, -0.15) is 13.2 Å². The van der Waals surface area contributed by atoms with Crippen molar-refractivity contribution in [2.45, 2.75) is 32.1 Å². The third-order valence-electron chi connectivity index (χ3n) is 3.03. The SMILES string of the molecule is CC(CC(F)(F)F)NCc1oc2ccccc2c1C(=O)O. The molecule has 0 saturated carbocycles. The van der Waals surface area contributed by atoms with Gasteiger partial charge in [0, 0.05) is 11.4 Å². The second kappa shape index (κ2) is 5.77. The molecular weight excluding hydrogens is 287 g/mol. The number of carboxylic acids is 1. The van der Waals surface area contributed by atoms with E-state index in [9.17, 15) is 23.1 Å². The molecule has 0 fully saturated rings. The zero-order chi connectivity index (χ0) is 15.6. The largest absolute Gasteiger partial charge is 0.478 e. The Balaban J connectivity index is 2.18. The van der Waals surface area contributed by atoms with Crippen molar-refractivity contribution < 1.29 is 27.5 Å². The number of furan rings is 1. The van der Waals surface area contributed by atoms with Gasteiger partial charge in [-0.25, -0.2) is 4.79 Å². The maximum Gasteiger partial charge on any atom is 0.390 e. The van der Waals surface area contributed by atoms with Crippen LogP contribution >= 0.6 is 0 Å². The number of carboxylic acid groups (broad SMARTS) is 1. The average molecular weight is 301 g/mol. The molecule has 7 heteroatoms. The molecule has 2 N–H and O–H groups in total. The number of alkyl halides is 3. The van der Waals surface area contributed by atoms with E-state index in [1.54, 1.807) is 24.3 Å². The summed E-state index contributed by atoms with van der Waals surface area (Å²) in [5, 5.41) is 12.3. The fourth-order valence-corrected chi connectivity index (χ4v) is 2.14. The van der Waals surface area contributed by atoms with Crippen LogP contribution in [0.2, 0.25) is 0 Å². The molecule has 0 aliphatic carbocycles. The molecule has 0 bridgehead atoms. The lowest BCUT2D eigenvalue weighted by molar-refractivity contribution is -0.139. The van der Waals surface area contributed by atoms with E-state index in [2.05, 4.69) is 5.32 Å². The van der Waals surface area contributed by atoms with E-state index < -0.39 is 24.6 Å². The Morgan fingerprint density at radius 2 is 2.05 bits per heavy atom. The highest BCUT2D eigenvalue weighted by atomic mass is 19.4. The van der Waals surface area contributed by atoms with Gasteiger partial charge in [0.1, 0.15) is 16.9 Å². The van der Waals surface area contributed by atoms with Gasteiger partial charge < -0.3 is 14.8 Å². The molecule has 0 amide bonds. The summed E-state index contributed by atoms with van der Waals surface area (Å²) in [5.41, 5.74) is 0.382. The Kier molecular flexibility index (Phi) is 4.22. The maximum absolute atomic E-state index is 12.2. The Hall–Kier alpha value is -2.02. The topological polar surface area (TPSA) is 62.5 Å². The van der Waals surface area contributed by atoms with Crippen LogP contribution in [0.4, 0.5) is 13.2 Å². The van der Waals surface area contributed by atoms with Gasteiger partial charge in [-0.3, -0.25) is 0 Å². The highest BCUT2D eigenvalue weighted by Crippen LogP contribution is 2.26. The summed E-state index contributed by atoms with van der Waals surface area (Å²) in [6.07, 6.45) is -5.26. The quantitative estimate of drug-likeness (QED) is 0.886. The number of para-hydroxylation sites is 1. The number of nitrogens with one attached hydrogen (secondary N) is 1. The number of rotatable bonds is 5. The first-order valence-corrected chi connectivity index (χ1v) is 6.32. The first-order chi connectivity index (χ1) is 9.78. The van der Waals surface area contributed by atoms with Crippen LogP contribution < -0.4 is 5.32 Å². The third-order valence-corrected chi connectivity index (χ3v) is 3.03. The van der Waals surface area contributed by atoms with Gasteiger partial charge in [-0.1, -0.05) is 18.2 Å². The lowest BCUT2D eigenvalue weighted by atomic mass is 10.1. The molecular formula is C14H14F3NO3. The van der Waals surface area contributed by atoms with Crippen LogP contribution in [0.3, 0.4) is 0 Å².